The fraction of sp³-hybridized carbons (Fsp3) is 0.250. The summed E-state index contributed by atoms with van der Waals surface area (Å²) in [4.78, 5) is 0. The summed E-state index contributed by atoms with van der Waals surface area (Å²) < 4.78 is 13.8. The van der Waals surface area contributed by atoms with Crippen LogP contribution in [0.2, 0.25) is 0 Å². The molecule has 0 saturated heterocycles. The number of hydrogen-bond acceptors (Lipinski definition) is 1. The minimum absolute atomic E-state index is 0.205. The molecule has 100 valence electrons. The summed E-state index contributed by atoms with van der Waals surface area (Å²) in [5.74, 6) is -0.205. The van der Waals surface area contributed by atoms with Crippen LogP contribution in [0.25, 0.3) is 0 Å². The van der Waals surface area contributed by atoms with E-state index >= 15 is 0 Å². The van der Waals surface area contributed by atoms with Gasteiger partial charge < -0.3 is 5.32 Å². The monoisotopic (exact) mass is 321 g/mol. The average Bonchev–Trinajstić information content (AvgIpc) is 2.43. The van der Waals surface area contributed by atoms with E-state index in [-0.39, 0.29) is 5.82 Å². The predicted molar refractivity (Wildman–Crippen MR) is 80.6 cm³/mol. The first-order valence-electron chi connectivity index (χ1n) is 6.44. The zero-order valence-corrected chi connectivity index (χ0v) is 12.3. The first kappa shape index (κ1) is 14.2. The van der Waals surface area contributed by atoms with Gasteiger partial charge in [0.1, 0.15) is 5.82 Å². The minimum Gasteiger partial charge on any atom is -0.313 e. The number of rotatable bonds is 6. The SMILES string of the molecule is Fc1cc(CNCCCc2ccccc2)ccc1Br. The Labute approximate surface area is 122 Å². The molecule has 0 fully saturated rings. The van der Waals surface area contributed by atoms with Crippen LogP contribution >= 0.6 is 15.9 Å². The first-order valence-corrected chi connectivity index (χ1v) is 7.23. The van der Waals surface area contributed by atoms with E-state index in [1.807, 2.05) is 12.1 Å². The smallest absolute Gasteiger partial charge is 0.137 e. The Morgan fingerprint density at radius 1 is 1.00 bits per heavy atom. The molecule has 0 heterocycles. The standard InChI is InChI=1S/C16H17BrFN/c17-15-9-8-14(11-16(15)18)12-19-10-4-7-13-5-2-1-3-6-13/h1-3,5-6,8-9,11,19H,4,7,10,12H2. The van der Waals surface area contributed by atoms with E-state index < -0.39 is 0 Å². The summed E-state index contributed by atoms with van der Waals surface area (Å²) in [5, 5.41) is 3.34. The van der Waals surface area contributed by atoms with Crippen molar-refractivity contribution in [1.29, 1.82) is 0 Å². The number of aryl methyl sites for hydroxylation is 1. The Balaban J connectivity index is 1.68. The number of hydrogen-bond donors (Lipinski definition) is 1. The van der Waals surface area contributed by atoms with Gasteiger partial charge in [-0.25, -0.2) is 4.39 Å². The number of halogens is 2. The Morgan fingerprint density at radius 3 is 2.53 bits per heavy atom. The lowest BCUT2D eigenvalue weighted by Crippen LogP contribution is -2.15. The maximum Gasteiger partial charge on any atom is 0.137 e. The van der Waals surface area contributed by atoms with Crippen molar-refractivity contribution in [3.63, 3.8) is 0 Å². The summed E-state index contributed by atoms with van der Waals surface area (Å²) in [6.45, 7) is 1.64. The van der Waals surface area contributed by atoms with E-state index in [0.29, 0.717) is 11.0 Å². The van der Waals surface area contributed by atoms with E-state index in [9.17, 15) is 4.39 Å². The fourth-order valence-electron chi connectivity index (χ4n) is 1.94. The molecule has 0 aliphatic heterocycles. The average molecular weight is 322 g/mol. The number of nitrogens with one attached hydrogen (secondary N) is 1. The van der Waals surface area contributed by atoms with Crippen LogP contribution < -0.4 is 5.32 Å². The summed E-state index contributed by atoms with van der Waals surface area (Å²) in [5.41, 5.74) is 2.33. The van der Waals surface area contributed by atoms with Crippen molar-refractivity contribution in [2.75, 3.05) is 6.54 Å². The molecule has 0 aliphatic rings. The summed E-state index contributed by atoms with van der Waals surface area (Å²) in [6.07, 6.45) is 2.16. The van der Waals surface area contributed by atoms with Crippen LogP contribution in [-0.4, -0.2) is 6.54 Å². The van der Waals surface area contributed by atoms with E-state index in [1.165, 1.54) is 5.56 Å². The number of benzene rings is 2. The van der Waals surface area contributed by atoms with E-state index in [0.717, 1.165) is 24.9 Å². The lowest BCUT2D eigenvalue weighted by molar-refractivity contribution is 0.610. The van der Waals surface area contributed by atoms with Crippen molar-refractivity contribution < 1.29 is 4.39 Å². The lowest BCUT2D eigenvalue weighted by Gasteiger charge is -2.06. The molecule has 0 aromatic heterocycles. The van der Waals surface area contributed by atoms with E-state index in [1.54, 1.807) is 12.1 Å². The van der Waals surface area contributed by atoms with Crippen LogP contribution in [0, 0.1) is 5.82 Å². The van der Waals surface area contributed by atoms with Crippen molar-refractivity contribution in [3.8, 4) is 0 Å². The van der Waals surface area contributed by atoms with Crippen LogP contribution in [0.15, 0.2) is 53.0 Å². The van der Waals surface area contributed by atoms with Crippen LogP contribution in [0.5, 0.6) is 0 Å². The fourth-order valence-corrected chi connectivity index (χ4v) is 2.19. The first-order chi connectivity index (χ1) is 9.25. The molecule has 3 heteroatoms. The van der Waals surface area contributed by atoms with Gasteiger partial charge in [-0.3, -0.25) is 0 Å². The zero-order chi connectivity index (χ0) is 13.5. The normalized spacial score (nSPS) is 10.6. The van der Waals surface area contributed by atoms with Crippen molar-refractivity contribution in [2.24, 2.45) is 0 Å². The van der Waals surface area contributed by atoms with E-state index in [2.05, 4.69) is 45.5 Å². The van der Waals surface area contributed by atoms with Crippen LogP contribution in [-0.2, 0) is 13.0 Å². The topological polar surface area (TPSA) is 12.0 Å². The molecule has 0 aliphatic carbocycles. The molecular formula is C16H17BrFN. The molecule has 0 bridgehead atoms. The van der Waals surface area contributed by atoms with Gasteiger partial charge in [0.05, 0.1) is 4.47 Å². The van der Waals surface area contributed by atoms with E-state index in [4.69, 9.17) is 0 Å². The molecule has 2 aromatic carbocycles. The van der Waals surface area contributed by atoms with Gasteiger partial charge >= 0.3 is 0 Å². The van der Waals surface area contributed by atoms with Crippen LogP contribution in [0.1, 0.15) is 17.5 Å². The quantitative estimate of drug-likeness (QED) is 0.782. The highest BCUT2D eigenvalue weighted by Gasteiger charge is 2.00. The molecule has 2 aromatic rings. The maximum absolute atomic E-state index is 13.3. The van der Waals surface area contributed by atoms with Crippen molar-refractivity contribution >= 4 is 15.9 Å². The third kappa shape index (κ3) is 4.77. The Morgan fingerprint density at radius 2 is 1.79 bits per heavy atom. The predicted octanol–water partition coefficient (Wildman–Crippen LogP) is 4.31. The van der Waals surface area contributed by atoms with Gasteiger partial charge in [0.15, 0.2) is 0 Å². The largest absolute Gasteiger partial charge is 0.313 e. The summed E-state index contributed by atoms with van der Waals surface area (Å²) in [7, 11) is 0. The highest BCUT2D eigenvalue weighted by atomic mass is 79.9. The van der Waals surface area contributed by atoms with Gasteiger partial charge in [0.25, 0.3) is 0 Å². The Kier molecular flexibility index (Phi) is 5.55. The second-order valence-corrected chi connectivity index (χ2v) is 5.37. The molecule has 0 spiro atoms. The second-order valence-electron chi connectivity index (χ2n) is 4.51. The summed E-state index contributed by atoms with van der Waals surface area (Å²) >= 11 is 3.15. The van der Waals surface area contributed by atoms with Crippen LogP contribution in [0.3, 0.4) is 0 Å². The van der Waals surface area contributed by atoms with Crippen molar-refractivity contribution in [3.05, 3.63) is 69.9 Å². The third-order valence-electron chi connectivity index (χ3n) is 2.97. The molecule has 1 N–H and O–H groups in total. The Bertz CT molecular complexity index is 513. The molecular weight excluding hydrogens is 305 g/mol. The Hall–Kier alpha value is -1.19. The van der Waals surface area contributed by atoms with Gasteiger partial charge in [-0.05, 0) is 58.6 Å². The van der Waals surface area contributed by atoms with Gasteiger partial charge in [0, 0.05) is 6.54 Å². The molecule has 0 saturated carbocycles. The maximum atomic E-state index is 13.3. The lowest BCUT2D eigenvalue weighted by atomic mass is 10.1. The van der Waals surface area contributed by atoms with Crippen molar-refractivity contribution in [1.82, 2.24) is 5.32 Å². The van der Waals surface area contributed by atoms with Gasteiger partial charge in [-0.2, -0.15) is 0 Å². The third-order valence-corrected chi connectivity index (χ3v) is 3.62. The highest BCUT2D eigenvalue weighted by Crippen LogP contribution is 2.16. The molecule has 0 unspecified atom stereocenters. The van der Waals surface area contributed by atoms with Gasteiger partial charge in [0.2, 0.25) is 0 Å². The highest BCUT2D eigenvalue weighted by molar-refractivity contribution is 9.10. The van der Waals surface area contributed by atoms with Gasteiger partial charge in [-0.15, -0.1) is 0 Å². The minimum atomic E-state index is -0.205. The second kappa shape index (κ2) is 7.41. The molecule has 1 nitrogen and oxygen atoms in total. The van der Waals surface area contributed by atoms with Gasteiger partial charge in [-0.1, -0.05) is 36.4 Å². The molecule has 19 heavy (non-hydrogen) atoms. The zero-order valence-electron chi connectivity index (χ0n) is 10.7. The van der Waals surface area contributed by atoms with Crippen LogP contribution in [0.4, 0.5) is 4.39 Å². The molecule has 0 amide bonds. The molecule has 2 rings (SSSR count). The molecule has 0 atom stereocenters. The van der Waals surface area contributed by atoms with Crippen molar-refractivity contribution in [2.45, 2.75) is 19.4 Å². The summed E-state index contributed by atoms with van der Waals surface area (Å²) in [6, 6.07) is 15.7. The molecule has 0 radical (unpaired) electrons.